The van der Waals surface area contributed by atoms with Gasteiger partial charge in [-0.3, -0.25) is 9.59 Å². The van der Waals surface area contributed by atoms with Gasteiger partial charge in [-0.2, -0.15) is 0 Å². The molecule has 0 aliphatic carbocycles. The summed E-state index contributed by atoms with van der Waals surface area (Å²) in [7, 11) is 3.69. The number of benzene rings is 1. The molecular formula is C19H29N3O3. The van der Waals surface area contributed by atoms with Crippen molar-refractivity contribution in [3.63, 3.8) is 0 Å². The van der Waals surface area contributed by atoms with E-state index in [1.807, 2.05) is 12.1 Å². The standard InChI is InChI=1S/C19H29N3O3/c1-4-21(2)13-16-7-5-6-15(10-16)12-20-19(24)17-11-18(23)22(14-17)8-9-25-3/h5-7,10,17H,4,8-9,11-14H2,1-3H3,(H,20,24)/t17-/m1/s1. The number of hydrogen-bond acceptors (Lipinski definition) is 4. The normalized spacial score (nSPS) is 17.4. The molecule has 0 radical (unpaired) electrons. The molecule has 0 bridgehead atoms. The van der Waals surface area contributed by atoms with E-state index in [0.717, 1.165) is 18.7 Å². The molecule has 1 fully saturated rings. The Balaban J connectivity index is 1.84. The largest absolute Gasteiger partial charge is 0.383 e. The lowest BCUT2D eigenvalue weighted by Gasteiger charge is -2.16. The highest BCUT2D eigenvalue weighted by molar-refractivity contribution is 5.89. The molecule has 1 aromatic rings. The fourth-order valence-corrected chi connectivity index (χ4v) is 2.96. The van der Waals surface area contributed by atoms with Crippen LogP contribution in [0.3, 0.4) is 0 Å². The van der Waals surface area contributed by atoms with Crippen molar-refractivity contribution in [3.8, 4) is 0 Å². The van der Waals surface area contributed by atoms with E-state index >= 15 is 0 Å². The van der Waals surface area contributed by atoms with Crippen LogP contribution in [-0.4, -0.2) is 62.0 Å². The number of ether oxygens (including phenoxy) is 1. The zero-order chi connectivity index (χ0) is 18.2. The minimum absolute atomic E-state index is 0.0294. The highest BCUT2D eigenvalue weighted by Gasteiger charge is 2.33. The Bertz CT molecular complexity index is 591. The summed E-state index contributed by atoms with van der Waals surface area (Å²) in [6.07, 6.45) is 0.289. The third kappa shape index (κ3) is 5.83. The number of nitrogens with one attached hydrogen (secondary N) is 1. The molecule has 0 aromatic heterocycles. The minimum atomic E-state index is -0.265. The second-order valence-corrected chi connectivity index (χ2v) is 6.60. The lowest BCUT2D eigenvalue weighted by molar-refractivity contribution is -0.129. The SMILES string of the molecule is CCN(C)Cc1cccc(CNC(=O)[C@@H]2CC(=O)N(CCOC)C2)c1. The Labute approximate surface area is 150 Å². The van der Waals surface area contributed by atoms with E-state index in [2.05, 4.69) is 36.3 Å². The molecule has 1 saturated heterocycles. The molecule has 1 N–H and O–H groups in total. The molecule has 1 aliphatic heterocycles. The van der Waals surface area contributed by atoms with Crippen molar-refractivity contribution < 1.29 is 14.3 Å². The first-order valence-electron chi connectivity index (χ1n) is 8.84. The highest BCUT2D eigenvalue weighted by atomic mass is 16.5. The molecular weight excluding hydrogens is 318 g/mol. The van der Waals surface area contributed by atoms with Crippen LogP contribution in [0.4, 0.5) is 0 Å². The summed E-state index contributed by atoms with van der Waals surface area (Å²) in [5.41, 5.74) is 2.31. The summed E-state index contributed by atoms with van der Waals surface area (Å²) in [6.45, 7) is 6.04. The van der Waals surface area contributed by atoms with Crippen LogP contribution in [-0.2, 0) is 27.4 Å². The molecule has 6 nitrogen and oxygen atoms in total. The van der Waals surface area contributed by atoms with Gasteiger partial charge >= 0.3 is 0 Å². The van der Waals surface area contributed by atoms with Gasteiger partial charge in [0.2, 0.25) is 11.8 Å². The third-order valence-corrected chi connectivity index (χ3v) is 4.60. The predicted octanol–water partition coefficient (Wildman–Crippen LogP) is 1.25. The Morgan fingerprint density at radius 2 is 2.16 bits per heavy atom. The van der Waals surface area contributed by atoms with Crippen LogP contribution in [0.5, 0.6) is 0 Å². The molecule has 25 heavy (non-hydrogen) atoms. The van der Waals surface area contributed by atoms with Crippen LogP contribution in [0.1, 0.15) is 24.5 Å². The number of carbonyl (C=O) groups excluding carboxylic acids is 2. The summed E-state index contributed by atoms with van der Waals surface area (Å²) in [4.78, 5) is 28.2. The highest BCUT2D eigenvalue weighted by Crippen LogP contribution is 2.18. The zero-order valence-corrected chi connectivity index (χ0v) is 15.5. The molecule has 0 spiro atoms. The Morgan fingerprint density at radius 3 is 2.88 bits per heavy atom. The quantitative estimate of drug-likeness (QED) is 0.730. The van der Waals surface area contributed by atoms with Crippen LogP contribution >= 0.6 is 0 Å². The van der Waals surface area contributed by atoms with Gasteiger partial charge < -0.3 is 19.9 Å². The molecule has 1 aromatic carbocycles. The van der Waals surface area contributed by atoms with E-state index in [1.165, 1.54) is 5.56 Å². The van der Waals surface area contributed by atoms with Crippen molar-refractivity contribution in [2.24, 2.45) is 5.92 Å². The number of likely N-dealkylation sites (tertiary alicyclic amines) is 1. The minimum Gasteiger partial charge on any atom is -0.383 e. The van der Waals surface area contributed by atoms with Crippen molar-refractivity contribution in [1.29, 1.82) is 0 Å². The van der Waals surface area contributed by atoms with Gasteiger partial charge in [-0.15, -0.1) is 0 Å². The van der Waals surface area contributed by atoms with Gasteiger partial charge in [0.05, 0.1) is 12.5 Å². The number of nitrogens with zero attached hydrogens (tertiary/aromatic N) is 2. The van der Waals surface area contributed by atoms with Gasteiger partial charge in [-0.25, -0.2) is 0 Å². The molecule has 2 amide bonds. The Morgan fingerprint density at radius 1 is 1.40 bits per heavy atom. The average molecular weight is 347 g/mol. The monoisotopic (exact) mass is 347 g/mol. The maximum atomic E-state index is 12.4. The molecule has 0 saturated carbocycles. The van der Waals surface area contributed by atoms with Gasteiger partial charge in [0.25, 0.3) is 0 Å². The summed E-state index contributed by atoms with van der Waals surface area (Å²) >= 11 is 0. The Hall–Kier alpha value is -1.92. The molecule has 6 heteroatoms. The van der Waals surface area contributed by atoms with E-state index < -0.39 is 0 Å². The van der Waals surface area contributed by atoms with Crippen LogP contribution in [0.15, 0.2) is 24.3 Å². The fraction of sp³-hybridized carbons (Fsp3) is 0.579. The first kappa shape index (κ1) is 19.4. The molecule has 0 unspecified atom stereocenters. The third-order valence-electron chi connectivity index (χ3n) is 4.60. The summed E-state index contributed by atoms with van der Waals surface area (Å²) < 4.78 is 5.00. The van der Waals surface area contributed by atoms with Crippen LogP contribution in [0.25, 0.3) is 0 Å². The van der Waals surface area contributed by atoms with Crippen LogP contribution < -0.4 is 5.32 Å². The van der Waals surface area contributed by atoms with E-state index in [4.69, 9.17) is 4.74 Å². The van der Waals surface area contributed by atoms with E-state index in [1.54, 1.807) is 12.0 Å². The van der Waals surface area contributed by atoms with Gasteiger partial charge in [-0.1, -0.05) is 31.2 Å². The second kappa shape index (κ2) is 9.53. The van der Waals surface area contributed by atoms with Gasteiger partial charge in [0.15, 0.2) is 0 Å². The van der Waals surface area contributed by atoms with Crippen molar-refractivity contribution in [1.82, 2.24) is 15.1 Å². The molecule has 2 rings (SSSR count). The summed E-state index contributed by atoms with van der Waals surface area (Å²) in [6, 6.07) is 8.25. The molecule has 138 valence electrons. The van der Waals surface area contributed by atoms with Crippen molar-refractivity contribution >= 4 is 11.8 Å². The maximum Gasteiger partial charge on any atom is 0.225 e. The fourth-order valence-electron chi connectivity index (χ4n) is 2.96. The first-order chi connectivity index (χ1) is 12.0. The molecule has 1 heterocycles. The van der Waals surface area contributed by atoms with Crippen LogP contribution in [0.2, 0.25) is 0 Å². The number of methoxy groups -OCH3 is 1. The van der Waals surface area contributed by atoms with E-state index in [-0.39, 0.29) is 24.2 Å². The summed E-state index contributed by atoms with van der Waals surface area (Å²) in [5.74, 6) is -0.287. The second-order valence-electron chi connectivity index (χ2n) is 6.60. The zero-order valence-electron chi connectivity index (χ0n) is 15.5. The smallest absolute Gasteiger partial charge is 0.225 e. The maximum absolute atomic E-state index is 12.4. The lowest BCUT2D eigenvalue weighted by atomic mass is 10.1. The van der Waals surface area contributed by atoms with Gasteiger partial charge in [0, 0.05) is 39.7 Å². The molecule has 1 aliphatic rings. The Kier molecular flexibility index (Phi) is 7.40. The average Bonchev–Trinajstić information content (AvgIpc) is 2.99. The number of amides is 2. The topological polar surface area (TPSA) is 61.9 Å². The summed E-state index contributed by atoms with van der Waals surface area (Å²) in [5, 5.41) is 2.97. The van der Waals surface area contributed by atoms with E-state index in [9.17, 15) is 9.59 Å². The number of rotatable bonds is 9. The van der Waals surface area contributed by atoms with Crippen LogP contribution in [0, 0.1) is 5.92 Å². The number of carbonyl (C=O) groups is 2. The van der Waals surface area contributed by atoms with Crippen molar-refractivity contribution in [2.45, 2.75) is 26.4 Å². The van der Waals surface area contributed by atoms with Gasteiger partial charge in [-0.05, 0) is 24.7 Å². The lowest BCUT2D eigenvalue weighted by Crippen LogP contribution is -2.33. The van der Waals surface area contributed by atoms with Crippen molar-refractivity contribution in [2.75, 3.05) is 40.4 Å². The van der Waals surface area contributed by atoms with Crippen molar-refractivity contribution in [3.05, 3.63) is 35.4 Å². The number of hydrogen-bond donors (Lipinski definition) is 1. The predicted molar refractivity (Wildman–Crippen MR) is 96.9 cm³/mol. The molecule has 1 atom stereocenters. The van der Waals surface area contributed by atoms with E-state index in [0.29, 0.717) is 26.2 Å². The van der Waals surface area contributed by atoms with Gasteiger partial charge in [0.1, 0.15) is 0 Å². The first-order valence-corrected chi connectivity index (χ1v) is 8.84.